The highest BCUT2D eigenvalue weighted by molar-refractivity contribution is 5.92. The van der Waals surface area contributed by atoms with Gasteiger partial charge in [-0.1, -0.05) is 12.1 Å². The second kappa shape index (κ2) is 6.92. The van der Waals surface area contributed by atoms with Crippen molar-refractivity contribution in [3.8, 4) is 22.8 Å². The number of carbonyl (C=O) groups is 1. The Labute approximate surface area is 149 Å². The molecule has 4 rings (SSSR count). The van der Waals surface area contributed by atoms with Crippen LogP contribution in [0, 0.1) is 5.82 Å². The van der Waals surface area contributed by atoms with Crippen LogP contribution >= 0.6 is 0 Å². The maximum atomic E-state index is 13.0. The summed E-state index contributed by atoms with van der Waals surface area (Å²) in [7, 11) is 0. The van der Waals surface area contributed by atoms with Crippen molar-refractivity contribution in [2.45, 2.75) is 6.54 Å². The van der Waals surface area contributed by atoms with E-state index in [1.54, 1.807) is 24.3 Å². The summed E-state index contributed by atoms with van der Waals surface area (Å²) >= 11 is 0. The molecule has 0 fully saturated rings. The number of benzene rings is 2. The quantitative estimate of drug-likeness (QED) is 0.775. The molecule has 0 saturated carbocycles. The summed E-state index contributed by atoms with van der Waals surface area (Å²) in [4.78, 5) is 12.3. The molecule has 1 aliphatic heterocycles. The fourth-order valence-corrected chi connectivity index (χ4v) is 2.77. The molecule has 0 radical (unpaired) electrons. The van der Waals surface area contributed by atoms with Crippen LogP contribution in [0.5, 0.6) is 11.5 Å². The van der Waals surface area contributed by atoms with Crippen molar-refractivity contribution in [1.82, 2.24) is 5.32 Å². The lowest BCUT2D eigenvalue weighted by Crippen LogP contribution is -2.24. The summed E-state index contributed by atoms with van der Waals surface area (Å²) in [6.45, 7) is 1.29. The highest BCUT2D eigenvalue weighted by Gasteiger charge is 2.17. The van der Waals surface area contributed by atoms with Gasteiger partial charge in [-0.25, -0.2) is 4.39 Å². The first kappa shape index (κ1) is 16.2. The first-order valence-corrected chi connectivity index (χ1v) is 8.22. The van der Waals surface area contributed by atoms with E-state index in [1.807, 2.05) is 18.2 Å². The van der Waals surface area contributed by atoms with Gasteiger partial charge in [0.05, 0.1) is 0 Å². The van der Waals surface area contributed by atoms with Crippen LogP contribution in [0.4, 0.5) is 4.39 Å². The number of halogens is 1. The standard InChI is InChI=1S/C20H16FNO4/c21-15-6-4-13(5-7-15)16-8-9-18(26-16)20(23)22-12-14-2-1-3-17-19(14)25-11-10-24-17/h1-9H,10-12H2,(H,22,23). The summed E-state index contributed by atoms with van der Waals surface area (Å²) < 4.78 is 29.8. The Kier molecular flexibility index (Phi) is 4.31. The van der Waals surface area contributed by atoms with Crippen LogP contribution in [-0.2, 0) is 6.54 Å². The molecule has 2 aromatic carbocycles. The molecule has 0 aliphatic carbocycles. The predicted octanol–water partition coefficient (Wildman–Crippen LogP) is 3.79. The van der Waals surface area contributed by atoms with Gasteiger partial charge in [0.2, 0.25) is 0 Å². The van der Waals surface area contributed by atoms with Gasteiger partial charge < -0.3 is 19.2 Å². The number of hydrogen-bond acceptors (Lipinski definition) is 4. The number of amides is 1. The largest absolute Gasteiger partial charge is 0.486 e. The lowest BCUT2D eigenvalue weighted by Gasteiger charge is -2.20. The van der Waals surface area contributed by atoms with Gasteiger partial charge >= 0.3 is 0 Å². The summed E-state index contributed by atoms with van der Waals surface area (Å²) in [5.41, 5.74) is 1.54. The summed E-state index contributed by atoms with van der Waals surface area (Å²) in [6, 6.07) is 14.7. The average Bonchev–Trinajstić information content (AvgIpc) is 3.17. The van der Waals surface area contributed by atoms with E-state index in [9.17, 15) is 9.18 Å². The smallest absolute Gasteiger partial charge is 0.287 e. The van der Waals surface area contributed by atoms with E-state index < -0.39 is 0 Å². The topological polar surface area (TPSA) is 60.7 Å². The molecule has 1 amide bonds. The minimum atomic E-state index is -0.340. The molecule has 0 atom stereocenters. The van der Waals surface area contributed by atoms with Gasteiger partial charge in [-0.15, -0.1) is 0 Å². The van der Waals surface area contributed by atoms with Crippen LogP contribution in [0.1, 0.15) is 16.1 Å². The third-order valence-electron chi connectivity index (χ3n) is 4.05. The van der Waals surface area contributed by atoms with Crippen LogP contribution < -0.4 is 14.8 Å². The zero-order valence-electron chi connectivity index (χ0n) is 13.8. The van der Waals surface area contributed by atoms with E-state index in [2.05, 4.69) is 5.32 Å². The molecule has 3 aromatic rings. The van der Waals surface area contributed by atoms with E-state index >= 15 is 0 Å². The molecular formula is C20H16FNO4. The van der Waals surface area contributed by atoms with Crippen molar-refractivity contribution in [2.24, 2.45) is 0 Å². The van der Waals surface area contributed by atoms with Crippen LogP contribution in [-0.4, -0.2) is 19.1 Å². The minimum absolute atomic E-state index is 0.186. The van der Waals surface area contributed by atoms with Gasteiger partial charge in [-0.3, -0.25) is 4.79 Å². The SMILES string of the molecule is O=C(NCc1cccc2c1OCCO2)c1ccc(-c2ccc(F)cc2)o1. The Morgan fingerprint density at radius 1 is 1.00 bits per heavy atom. The lowest BCUT2D eigenvalue weighted by molar-refractivity contribution is 0.0923. The van der Waals surface area contributed by atoms with Crippen molar-refractivity contribution in [3.05, 3.63) is 71.7 Å². The maximum Gasteiger partial charge on any atom is 0.287 e. The van der Waals surface area contributed by atoms with Crippen molar-refractivity contribution >= 4 is 5.91 Å². The number of rotatable bonds is 4. The van der Waals surface area contributed by atoms with E-state index in [-0.39, 0.29) is 24.0 Å². The molecule has 0 unspecified atom stereocenters. The first-order valence-electron chi connectivity index (χ1n) is 8.22. The minimum Gasteiger partial charge on any atom is -0.486 e. The molecule has 2 heterocycles. The molecule has 26 heavy (non-hydrogen) atoms. The van der Waals surface area contributed by atoms with Crippen LogP contribution in [0.25, 0.3) is 11.3 Å². The van der Waals surface area contributed by atoms with Crippen molar-refractivity contribution < 1.29 is 23.1 Å². The van der Waals surface area contributed by atoms with Gasteiger partial charge in [0.25, 0.3) is 5.91 Å². The zero-order chi connectivity index (χ0) is 17.9. The predicted molar refractivity (Wildman–Crippen MR) is 92.7 cm³/mol. The molecule has 5 nitrogen and oxygen atoms in total. The number of ether oxygens (including phenoxy) is 2. The number of nitrogens with one attached hydrogen (secondary N) is 1. The maximum absolute atomic E-state index is 13.0. The van der Waals surface area contributed by atoms with Crippen LogP contribution in [0.2, 0.25) is 0 Å². The van der Waals surface area contributed by atoms with E-state index in [1.165, 1.54) is 12.1 Å². The van der Waals surface area contributed by atoms with E-state index in [4.69, 9.17) is 13.9 Å². The number of fused-ring (bicyclic) bond motifs is 1. The van der Waals surface area contributed by atoms with E-state index in [0.29, 0.717) is 36.0 Å². The van der Waals surface area contributed by atoms with Gasteiger partial charge in [0.15, 0.2) is 17.3 Å². The fraction of sp³-hybridized carbons (Fsp3) is 0.150. The average molecular weight is 353 g/mol. The van der Waals surface area contributed by atoms with Gasteiger partial charge in [-0.05, 0) is 42.5 Å². The molecule has 0 saturated heterocycles. The second-order valence-corrected chi connectivity index (χ2v) is 5.79. The summed E-state index contributed by atoms with van der Waals surface area (Å²) in [5.74, 6) is 1.36. The Morgan fingerprint density at radius 2 is 1.81 bits per heavy atom. The summed E-state index contributed by atoms with van der Waals surface area (Å²) in [6.07, 6.45) is 0. The highest BCUT2D eigenvalue weighted by Crippen LogP contribution is 2.33. The number of furan rings is 1. The van der Waals surface area contributed by atoms with Crippen LogP contribution in [0.3, 0.4) is 0 Å². The molecule has 1 N–H and O–H groups in total. The van der Waals surface area contributed by atoms with E-state index in [0.717, 1.165) is 5.56 Å². The molecule has 6 heteroatoms. The van der Waals surface area contributed by atoms with Crippen molar-refractivity contribution in [3.63, 3.8) is 0 Å². The molecule has 1 aromatic heterocycles. The number of hydrogen-bond donors (Lipinski definition) is 1. The Balaban J connectivity index is 1.45. The lowest BCUT2D eigenvalue weighted by atomic mass is 10.1. The Bertz CT molecular complexity index is 933. The normalized spacial score (nSPS) is 12.7. The molecule has 0 bridgehead atoms. The number of carbonyl (C=O) groups excluding carboxylic acids is 1. The molecule has 0 spiro atoms. The zero-order valence-corrected chi connectivity index (χ0v) is 13.8. The van der Waals surface area contributed by atoms with Crippen molar-refractivity contribution in [1.29, 1.82) is 0 Å². The fourth-order valence-electron chi connectivity index (χ4n) is 2.77. The van der Waals surface area contributed by atoms with Gasteiger partial charge in [0.1, 0.15) is 24.8 Å². The molecule has 132 valence electrons. The van der Waals surface area contributed by atoms with Crippen molar-refractivity contribution in [2.75, 3.05) is 13.2 Å². The molecule has 1 aliphatic rings. The second-order valence-electron chi connectivity index (χ2n) is 5.79. The Hall–Kier alpha value is -3.28. The third-order valence-corrected chi connectivity index (χ3v) is 4.05. The highest BCUT2D eigenvalue weighted by atomic mass is 19.1. The monoisotopic (exact) mass is 353 g/mol. The Morgan fingerprint density at radius 3 is 2.65 bits per heavy atom. The third kappa shape index (κ3) is 3.26. The first-order chi connectivity index (χ1) is 12.7. The van der Waals surface area contributed by atoms with Gasteiger partial charge in [0, 0.05) is 17.7 Å². The number of para-hydroxylation sites is 1. The summed E-state index contributed by atoms with van der Waals surface area (Å²) in [5, 5.41) is 2.81. The molecular weight excluding hydrogens is 337 g/mol. The van der Waals surface area contributed by atoms with Crippen LogP contribution in [0.15, 0.2) is 59.0 Å². The van der Waals surface area contributed by atoms with Gasteiger partial charge in [-0.2, -0.15) is 0 Å².